The Morgan fingerprint density at radius 3 is 2.64 bits per heavy atom. The molecule has 0 aliphatic heterocycles. The van der Waals surface area contributed by atoms with Crippen LogP contribution in [0.1, 0.15) is 20.3 Å². The van der Waals surface area contributed by atoms with Crippen LogP contribution in [-0.2, 0) is 0 Å². The molecule has 2 aliphatic carbocycles. The van der Waals surface area contributed by atoms with E-state index in [1.54, 1.807) is 0 Å². The molecule has 0 fully saturated rings. The predicted molar refractivity (Wildman–Crippen MR) is 61.4 cm³/mol. The van der Waals surface area contributed by atoms with E-state index in [1.807, 2.05) is 0 Å². The summed E-state index contributed by atoms with van der Waals surface area (Å²) in [5.74, 6) is 0.629. The summed E-state index contributed by atoms with van der Waals surface area (Å²) in [4.78, 5) is 0. The zero-order chi connectivity index (χ0) is 9.97. The fourth-order valence-corrected chi connectivity index (χ4v) is 1.71. The van der Waals surface area contributed by atoms with Gasteiger partial charge in [-0.25, -0.2) is 0 Å². The molecule has 0 spiro atoms. The van der Waals surface area contributed by atoms with Crippen LogP contribution in [0, 0.1) is 18.8 Å². The van der Waals surface area contributed by atoms with E-state index in [0.29, 0.717) is 5.92 Å². The van der Waals surface area contributed by atoms with Gasteiger partial charge in [0.2, 0.25) is 0 Å². The average Bonchev–Trinajstić information content (AvgIpc) is 2.21. The zero-order valence-electron chi connectivity index (χ0n) is 8.83. The molecule has 0 aromatic heterocycles. The van der Waals surface area contributed by atoms with Crippen LogP contribution in [0.15, 0.2) is 47.1 Å². The highest BCUT2D eigenvalue weighted by Crippen LogP contribution is 2.26. The second-order valence-electron chi connectivity index (χ2n) is 4.05. The van der Waals surface area contributed by atoms with Gasteiger partial charge in [-0.1, -0.05) is 42.9 Å². The lowest BCUT2D eigenvalue weighted by atomic mass is 9.88. The van der Waals surface area contributed by atoms with Crippen molar-refractivity contribution in [1.29, 1.82) is 0 Å². The molecule has 72 valence electrons. The Kier molecular flexibility index (Phi) is 2.72. The van der Waals surface area contributed by atoms with Gasteiger partial charge in [0.15, 0.2) is 0 Å². The summed E-state index contributed by atoms with van der Waals surface area (Å²) in [5, 5.41) is 0. The van der Waals surface area contributed by atoms with Crippen LogP contribution in [0.3, 0.4) is 0 Å². The molecule has 2 radical (unpaired) electrons. The Hall–Kier alpha value is -1.04. The third-order valence-electron chi connectivity index (χ3n) is 2.73. The molecule has 0 nitrogen and oxygen atoms in total. The fraction of sp³-hybridized carbons (Fsp3) is 0.286. The lowest BCUT2D eigenvalue weighted by Crippen LogP contribution is -2.01. The van der Waals surface area contributed by atoms with Gasteiger partial charge >= 0.3 is 0 Å². The summed E-state index contributed by atoms with van der Waals surface area (Å²) in [6.45, 7) is 4.35. The monoisotopic (exact) mass is 184 g/mol. The predicted octanol–water partition coefficient (Wildman–Crippen LogP) is 3.80. The molecule has 0 saturated heterocycles. The van der Waals surface area contributed by atoms with Crippen LogP contribution in [0.25, 0.3) is 0 Å². The first-order chi connectivity index (χ1) is 6.75. The molecule has 0 amide bonds. The van der Waals surface area contributed by atoms with Crippen molar-refractivity contribution in [2.75, 3.05) is 0 Å². The summed E-state index contributed by atoms with van der Waals surface area (Å²) >= 11 is 0. The molecule has 2 rings (SSSR count). The summed E-state index contributed by atoms with van der Waals surface area (Å²) < 4.78 is 0. The van der Waals surface area contributed by atoms with E-state index in [9.17, 15) is 0 Å². The van der Waals surface area contributed by atoms with Crippen molar-refractivity contribution >= 4 is 0 Å². The fourth-order valence-electron chi connectivity index (χ4n) is 1.71. The quantitative estimate of drug-likeness (QED) is 0.537. The van der Waals surface area contributed by atoms with Gasteiger partial charge in [0.25, 0.3) is 0 Å². The van der Waals surface area contributed by atoms with Crippen LogP contribution < -0.4 is 0 Å². The van der Waals surface area contributed by atoms with Crippen molar-refractivity contribution in [2.45, 2.75) is 20.3 Å². The molecule has 0 aromatic rings. The number of hydrogen-bond acceptors (Lipinski definition) is 0. The molecular formula is C14H16. The van der Waals surface area contributed by atoms with Gasteiger partial charge in [0, 0.05) is 6.42 Å². The van der Waals surface area contributed by atoms with Crippen molar-refractivity contribution in [3.05, 3.63) is 59.9 Å². The van der Waals surface area contributed by atoms with E-state index in [2.05, 4.69) is 57.1 Å². The highest BCUT2D eigenvalue weighted by atomic mass is 14.1. The van der Waals surface area contributed by atoms with Gasteiger partial charge in [0.05, 0.1) is 0 Å². The third kappa shape index (κ3) is 2.06. The van der Waals surface area contributed by atoms with E-state index in [4.69, 9.17) is 0 Å². The molecule has 1 atom stereocenters. The van der Waals surface area contributed by atoms with Crippen LogP contribution >= 0.6 is 0 Å². The summed E-state index contributed by atoms with van der Waals surface area (Å²) in [7, 11) is 0. The van der Waals surface area contributed by atoms with Gasteiger partial charge in [0.1, 0.15) is 0 Å². The molecule has 0 heteroatoms. The third-order valence-corrected chi connectivity index (χ3v) is 2.73. The molecule has 2 aliphatic rings. The summed E-state index contributed by atoms with van der Waals surface area (Å²) in [6, 6.07) is 0. The highest BCUT2D eigenvalue weighted by Gasteiger charge is 2.10. The normalized spacial score (nSPS) is 31.9. The molecule has 0 saturated carbocycles. The van der Waals surface area contributed by atoms with E-state index in [1.165, 1.54) is 16.7 Å². The maximum absolute atomic E-state index is 2.36. The van der Waals surface area contributed by atoms with E-state index < -0.39 is 0 Å². The van der Waals surface area contributed by atoms with E-state index in [0.717, 1.165) is 6.42 Å². The Labute approximate surface area is 86.7 Å². The highest BCUT2D eigenvalue weighted by molar-refractivity contribution is 5.49. The van der Waals surface area contributed by atoms with E-state index in [-0.39, 0.29) is 0 Å². The lowest BCUT2D eigenvalue weighted by Gasteiger charge is -2.17. The minimum Gasteiger partial charge on any atom is -0.0811 e. The van der Waals surface area contributed by atoms with Crippen molar-refractivity contribution in [3.63, 3.8) is 0 Å². The Morgan fingerprint density at radius 2 is 2.07 bits per heavy atom. The van der Waals surface area contributed by atoms with Crippen molar-refractivity contribution in [1.82, 2.24) is 0 Å². The first kappa shape index (κ1) is 9.51. The van der Waals surface area contributed by atoms with Crippen LogP contribution in [0.4, 0.5) is 0 Å². The molecule has 0 aromatic carbocycles. The molecule has 14 heavy (non-hydrogen) atoms. The molecule has 0 bridgehead atoms. The van der Waals surface area contributed by atoms with Crippen LogP contribution in [0.5, 0.6) is 0 Å². The minimum absolute atomic E-state index is 0.629. The standard InChI is InChI=1S/C14H16/c1-11-3-7-13(8-4-11)14-9-5-12(2)6-10-14/h3-9,12H,10H2,1-2H3. The smallest absolute Gasteiger partial charge is 0.0130 e. The maximum atomic E-state index is 2.36. The summed E-state index contributed by atoms with van der Waals surface area (Å²) in [6.07, 6.45) is 16.7. The van der Waals surface area contributed by atoms with Crippen molar-refractivity contribution in [3.8, 4) is 0 Å². The maximum Gasteiger partial charge on any atom is 0.0130 e. The van der Waals surface area contributed by atoms with Crippen molar-refractivity contribution in [2.24, 2.45) is 5.92 Å². The topological polar surface area (TPSA) is 0 Å². The Balaban J connectivity index is 2.18. The minimum atomic E-state index is 0.629. The van der Waals surface area contributed by atoms with Crippen molar-refractivity contribution < 1.29 is 0 Å². The summed E-state index contributed by atoms with van der Waals surface area (Å²) in [5.41, 5.74) is 4.12. The van der Waals surface area contributed by atoms with Gasteiger partial charge < -0.3 is 0 Å². The second kappa shape index (κ2) is 4.00. The number of rotatable bonds is 0. The van der Waals surface area contributed by atoms with Gasteiger partial charge in [-0.3, -0.25) is 0 Å². The largest absolute Gasteiger partial charge is 0.0811 e. The van der Waals surface area contributed by atoms with Crippen LogP contribution in [0.2, 0.25) is 0 Å². The number of hydrogen-bond donors (Lipinski definition) is 0. The molecular weight excluding hydrogens is 168 g/mol. The van der Waals surface area contributed by atoms with Gasteiger partial charge in [-0.15, -0.1) is 0 Å². The Morgan fingerprint density at radius 1 is 1.21 bits per heavy atom. The first-order valence-electron chi connectivity index (χ1n) is 5.20. The van der Waals surface area contributed by atoms with Gasteiger partial charge in [-0.05, 0) is 36.8 Å². The molecule has 0 heterocycles. The zero-order valence-corrected chi connectivity index (χ0v) is 8.83. The molecule has 1 unspecified atom stereocenters. The lowest BCUT2D eigenvalue weighted by molar-refractivity contribution is 0.790. The van der Waals surface area contributed by atoms with Crippen LogP contribution in [-0.4, -0.2) is 0 Å². The SMILES string of the molecule is CC1=C[CH]/C(=C2/C=CC(C)[CH]C2)C=C1. The molecule has 0 N–H and O–H groups in total. The number of allylic oxidation sites excluding steroid dienone is 8. The Bertz CT molecular complexity index is 337. The average molecular weight is 184 g/mol. The first-order valence-corrected chi connectivity index (χ1v) is 5.20. The van der Waals surface area contributed by atoms with Gasteiger partial charge in [-0.2, -0.15) is 0 Å². The van der Waals surface area contributed by atoms with E-state index >= 15 is 0 Å². The second-order valence-corrected chi connectivity index (χ2v) is 4.05.